The van der Waals surface area contributed by atoms with E-state index in [9.17, 15) is 14.7 Å². The lowest BCUT2D eigenvalue weighted by molar-refractivity contribution is -0.255. The van der Waals surface area contributed by atoms with Crippen LogP contribution in [0.1, 0.15) is 35.0 Å². The summed E-state index contributed by atoms with van der Waals surface area (Å²) in [6.45, 7) is 4.55. The molecule has 26 heavy (non-hydrogen) atoms. The van der Waals surface area contributed by atoms with Gasteiger partial charge in [0.1, 0.15) is 0 Å². The molecule has 5 heteroatoms. The summed E-state index contributed by atoms with van der Waals surface area (Å²) in [4.78, 5) is 29.2. The second-order valence-corrected chi connectivity index (χ2v) is 6.32. The molecule has 0 aliphatic carbocycles. The molecule has 0 saturated carbocycles. The molecule has 0 spiro atoms. The lowest BCUT2D eigenvalue weighted by atomic mass is 10.1. The number of nitrogens with one attached hydrogen (secondary N) is 1. The number of carboxylic acid groups (broad SMARTS) is 1. The van der Waals surface area contributed by atoms with E-state index in [0.717, 1.165) is 23.1 Å². The molecule has 2 aromatic carbocycles. The quantitative estimate of drug-likeness (QED) is 0.743. The van der Waals surface area contributed by atoms with E-state index >= 15 is 0 Å². The second-order valence-electron chi connectivity index (χ2n) is 6.32. The van der Waals surface area contributed by atoms with Crippen LogP contribution in [0.4, 0.5) is 5.69 Å². The number of hydrogen-bond donors (Lipinski definition) is 1. The van der Waals surface area contributed by atoms with Crippen molar-refractivity contribution >= 4 is 28.5 Å². The first-order chi connectivity index (χ1) is 12.5. The molecule has 3 rings (SSSR count). The average Bonchev–Trinajstić information content (AvgIpc) is 2.99. The predicted molar refractivity (Wildman–Crippen MR) is 100 cm³/mol. The van der Waals surface area contributed by atoms with E-state index in [1.807, 2.05) is 56.3 Å². The molecular weight excluding hydrogens is 328 g/mol. The molecule has 1 amide bonds. The van der Waals surface area contributed by atoms with Gasteiger partial charge >= 0.3 is 0 Å². The number of aromatic amines is 1. The van der Waals surface area contributed by atoms with Gasteiger partial charge in [-0.05, 0) is 36.6 Å². The summed E-state index contributed by atoms with van der Waals surface area (Å²) in [5.41, 5.74) is 3.00. The van der Waals surface area contributed by atoms with Crippen molar-refractivity contribution in [3.05, 3.63) is 65.4 Å². The van der Waals surface area contributed by atoms with Crippen molar-refractivity contribution in [2.45, 2.75) is 26.7 Å². The summed E-state index contributed by atoms with van der Waals surface area (Å²) in [5, 5.41) is 12.3. The molecule has 3 aromatic rings. The van der Waals surface area contributed by atoms with Crippen LogP contribution in [0, 0.1) is 6.92 Å². The Kier molecular flexibility index (Phi) is 5.07. The number of anilines is 1. The normalized spacial score (nSPS) is 10.8. The maximum absolute atomic E-state index is 13.1. The molecule has 0 saturated heterocycles. The van der Waals surface area contributed by atoms with Gasteiger partial charge < -0.3 is 19.8 Å². The van der Waals surface area contributed by atoms with E-state index in [-0.39, 0.29) is 18.0 Å². The lowest BCUT2D eigenvalue weighted by Gasteiger charge is -2.24. The number of H-pyrrole nitrogens is 1. The number of aryl methyl sites for hydroxylation is 1. The van der Waals surface area contributed by atoms with E-state index in [1.54, 1.807) is 11.0 Å². The van der Waals surface area contributed by atoms with Crippen molar-refractivity contribution in [2.24, 2.45) is 0 Å². The standard InChI is InChI=1S/C21H22N2O3/c1-3-12-23(18-11-7-4-8-14(18)2)19(24)13-16-15-9-5-6-10-17(15)22-20(16)21(25)26/h4-11,22H,3,12-13H2,1-2H3,(H,25,26)/p-1. The summed E-state index contributed by atoms with van der Waals surface area (Å²) in [7, 11) is 0. The third-order valence-corrected chi connectivity index (χ3v) is 4.50. The zero-order valence-electron chi connectivity index (χ0n) is 14.9. The van der Waals surface area contributed by atoms with Gasteiger partial charge in [-0.1, -0.05) is 43.3 Å². The van der Waals surface area contributed by atoms with E-state index in [2.05, 4.69) is 4.98 Å². The Morgan fingerprint density at radius 2 is 1.77 bits per heavy atom. The minimum atomic E-state index is -1.30. The number of hydrogen-bond acceptors (Lipinski definition) is 3. The van der Waals surface area contributed by atoms with Crippen LogP contribution >= 0.6 is 0 Å². The summed E-state index contributed by atoms with van der Waals surface area (Å²) < 4.78 is 0. The highest BCUT2D eigenvalue weighted by atomic mass is 16.4. The molecule has 0 bridgehead atoms. The largest absolute Gasteiger partial charge is 0.543 e. The number of carboxylic acids is 1. The zero-order chi connectivity index (χ0) is 18.7. The molecule has 5 nitrogen and oxygen atoms in total. The summed E-state index contributed by atoms with van der Waals surface area (Å²) >= 11 is 0. The van der Waals surface area contributed by atoms with E-state index in [0.29, 0.717) is 17.6 Å². The van der Waals surface area contributed by atoms with Crippen LogP contribution < -0.4 is 10.0 Å². The Hall–Kier alpha value is -3.08. The van der Waals surface area contributed by atoms with Gasteiger partial charge in [0, 0.05) is 23.1 Å². The van der Waals surface area contributed by atoms with Gasteiger partial charge in [0.25, 0.3) is 0 Å². The lowest BCUT2D eigenvalue weighted by Crippen LogP contribution is -2.34. The first-order valence-corrected chi connectivity index (χ1v) is 8.69. The number of para-hydroxylation sites is 2. The monoisotopic (exact) mass is 349 g/mol. The maximum atomic E-state index is 13.1. The van der Waals surface area contributed by atoms with Crippen LogP contribution in [0.5, 0.6) is 0 Å². The molecule has 0 aliphatic rings. The Morgan fingerprint density at radius 1 is 1.08 bits per heavy atom. The van der Waals surface area contributed by atoms with Crippen LogP contribution in [-0.4, -0.2) is 23.4 Å². The van der Waals surface area contributed by atoms with E-state index in [1.165, 1.54) is 0 Å². The predicted octanol–water partition coefficient (Wildman–Crippen LogP) is 2.83. The number of amides is 1. The van der Waals surface area contributed by atoms with Gasteiger partial charge in [0.15, 0.2) is 0 Å². The SMILES string of the molecule is CCCN(C(=O)Cc1c(C(=O)[O-])[nH]c2ccccc12)c1ccccc1C. The number of carbonyl (C=O) groups excluding carboxylic acids is 2. The highest BCUT2D eigenvalue weighted by molar-refractivity contribution is 6.02. The first-order valence-electron chi connectivity index (χ1n) is 8.69. The van der Waals surface area contributed by atoms with Crippen molar-refractivity contribution in [1.29, 1.82) is 0 Å². The number of carbonyl (C=O) groups is 2. The minimum Gasteiger partial charge on any atom is -0.543 e. The highest BCUT2D eigenvalue weighted by Crippen LogP contribution is 2.25. The molecule has 0 atom stereocenters. The van der Waals surface area contributed by atoms with Gasteiger partial charge in [0.2, 0.25) is 5.91 Å². The number of nitrogens with zero attached hydrogens (tertiary/aromatic N) is 1. The number of rotatable bonds is 6. The molecule has 0 fully saturated rings. The topological polar surface area (TPSA) is 76.2 Å². The van der Waals surface area contributed by atoms with Crippen molar-refractivity contribution in [3.8, 4) is 0 Å². The van der Waals surface area contributed by atoms with Crippen LogP contribution in [0.3, 0.4) is 0 Å². The van der Waals surface area contributed by atoms with Crippen LogP contribution in [0.2, 0.25) is 0 Å². The Morgan fingerprint density at radius 3 is 2.46 bits per heavy atom. The summed E-state index contributed by atoms with van der Waals surface area (Å²) in [6.07, 6.45) is 0.808. The zero-order valence-corrected chi connectivity index (χ0v) is 14.9. The molecular formula is C21H21N2O3-. The maximum Gasteiger partial charge on any atom is 0.231 e. The molecule has 1 heterocycles. The van der Waals surface area contributed by atoms with Crippen LogP contribution in [0.15, 0.2) is 48.5 Å². The van der Waals surface area contributed by atoms with E-state index < -0.39 is 5.97 Å². The summed E-state index contributed by atoms with van der Waals surface area (Å²) in [6, 6.07) is 15.0. The van der Waals surface area contributed by atoms with E-state index in [4.69, 9.17) is 0 Å². The van der Waals surface area contributed by atoms with Gasteiger partial charge in [0.05, 0.1) is 18.1 Å². The van der Waals surface area contributed by atoms with Gasteiger partial charge in [-0.3, -0.25) is 4.79 Å². The number of fused-ring (bicyclic) bond motifs is 1. The second kappa shape index (κ2) is 7.44. The van der Waals surface area contributed by atoms with Crippen molar-refractivity contribution in [2.75, 3.05) is 11.4 Å². The van der Waals surface area contributed by atoms with Gasteiger partial charge in [-0.2, -0.15) is 0 Å². The van der Waals surface area contributed by atoms with Crippen molar-refractivity contribution in [1.82, 2.24) is 4.98 Å². The van der Waals surface area contributed by atoms with Gasteiger partial charge in [-0.25, -0.2) is 0 Å². The first kappa shape index (κ1) is 17.7. The Bertz CT molecular complexity index is 959. The van der Waals surface area contributed by atoms with Crippen molar-refractivity contribution < 1.29 is 14.7 Å². The fourth-order valence-electron chi connectivity index (χ4n) is 3.27. The third-order valence-electron chi connectivity index (χ3n) is 4.50. The molecule has 0 aliphatic heterocycles. The fraction of sp³-hybridized carbons (Fsp3) is 0.238. The van der Waals surface area contributed by atoms with Crippen LogP contribution in [-0.2, 0) is 11.2 Å². The average molecular weight is 349 g/mol. The molecule has 134 valence electrons. The van der Waals surface area contributed by atoms with Crippen LogP contribution in [0.25, 0.3) is 10.9 Å². The smallest absolute Gasteiger partial charge is 0.231 e. The third kappa shape index (κ3) is 3.33. The molecule has 0 unspecified atom stereocenters. The molecule has 1 aromatic heterocycles. The minimum absolute atomic E-state index is 0.00165. The van der Waals surface area contributed by atoms with Crippen molar-refractivity contribution in [3.63, 3.8) is 0 Å². The number of benzene rings is 2. The number of aromatic nitrogens is 1. The highest BCUT2D eigenvalue weighted by Gasteiger charge is 2.21. The molecule has 1 N–H and O–H groups in total. The Labute approximate surface area is 152 Å². The number of aromatic carboxylic acids is 1. The summed E-state index contributed by atoms with van der Waals surface area (Å²) in [5.74, 6) is -1.43. The fourth-order valence-corrected chi connectivity index (χ4v) is 3.27. The Balaban J connectivity index is 2.00. The van der Waals surface area contributed by atoms with Gasteiger partial charge in [-0.15, -0.1) is 0 Å². The molecule has 0 radical (unpaired) electrons.